The highest BCUT2D eigenvalue weighted by molar-refractivity contribution is 5.94. The quantitative estimate of drug-likeness (QED) is 0.633. The van der Waals surface area contributed by atoms with Crippen molar-refractivity contribution in [2.24, 2.45) is 5.73 Å². The van der Waals surface area contributed by atoms with E-state index in [1.54, 1.807) is 18.2 Å². The number of hydrogen-bond acceptors (Lipinski definition) is 4. The molecule has 0 fully saturated rings. The van der Waals surface area contributed by atoms with Gasteiger partial charge in [0.25, 0.3) is 0 Å². The molecule has 1 aromatic rings. The van der Waals surface area contributed by atoms with Crippen LogP contribution in [0, 0.1) is 0 Å². The molecule has 0 unspecified atom stereocenters. The molecule has 0 aromatic heterocycles. The third kappa shape index (κ3) is 3.92. The van der Waals surface area contributed by atoms with E-state index >= 15 is 0 Å². The molecule has 0 saturated carbocycles. The molecule has 0 saturated heterocycles. The van der Waals surface area contributed by atoms with Gasteiger partial charge in [0.2, 0.25) is 5.91 Å². The fourth-order valence-electron chi connectivity index (χ4n) is 1.75. The van der Waals surface area contributed by atoms with Crippen molar-refractivity contribution in [3.8, 4) is 0 Å². The standard InChI is InChI=1S/C13H22N4O/c1-3-17(4-2)8-7-16-12-9-10(13(15)18)5-6-11(12)14/h5-6,9,16H,3-4,7-8,14H2,1-2H3,(H2,15,18). The molecule has 5 N–H and O–H groups in total. The number of primary amides is 1. The maximum atomic E-state index is 11.1. The first kappa shape index (κ1) is 14.3. The molecular weight excluding hydrogens is 228 g/mol. The molecule has 18 heavy (non-hydrogen) atoms. The van der Waals surface area contributed by atoms with Crippen LogP contribution in [0.5, 0.6) is 0 Å². The predicted octanol–water partition coefficient (Wildman–Crippen LogP) is 1.12. The average Bonchev–Trinajstić information content (AvgIpc) is 2.36. The Hall–Kier alpha value is -1.75. The number of nitrogen functional groups attached to an aromatic ring is 1. The number of hydrogen-bond donors (Lipinski definition) is 3. The Morgan fingerprint density at radius 3 is 2.56 bits per heavy atom. The number of nitrogens with one attached hydrogen (secondary N) is 1. The van der Waals surface area contributed by atoms with Crippen molar-refractivity contribution in [3.63, 3.8) is 0 Å². The largest absolute Gasteiger partial charge is 0.397 e. The molecular formula is C13H22N4O. The second-order valence-corrected chi connectivity index (χ2v) is 4.12. The van der Waals surface area contributed by atoms with Crippen LogP contribution in [-0.4, -0.2) is 37.0 Å². The Balaban J connectivity index is 2.61. The number of benzene rings is 1. The van der Waals surface area contributed by atoms with Gasteiger partial charge in [-0.25, -0.2) is 0 Å². The van der Waals surface area contributed by atoms with Crippen LogP contribution in [0.25, 0.3) is 0 Å². The van der Waals surface area contributed by atoms with E-state index in [9.17, 15) is 4.79 Å². The van der Waals surface area contributed by atoms with Crippen molar-refractivity contribution < 1.29 is 4.79 Å². The fraction of sp³-hybridized carbons (Fsp3) is 0.462. The Bertz CT molecular complexity index is 402. The number of nitrogens with zero attached hydrogens (tertiary/aromatic N) is 1. The van der Waals surface area contributed by atoms with Crippen LogP contribution in [0.1, 0.15) is 24.2 Å². The normalized spacial score (nSPS) is 10.6. The zero-order chi connectivity index (χ0) is 13.5. The van der Waals surface area contributed by atoms with Gasteiger partial charge in [0.1, 0.15) is 0 Å². The average molecular weight is 250 g/mol. The van der Waals surface area contributed by atoms with E-state index in [-0.39, 0.29) is 0 Å². The monoisotopic (exact) mass is 250 g/mol. The molecule has 0 aliphatic carbocycles. The van der Waals surface area contributed by atoms with Crippen LogP contribution in [0.15, 0.2) is 18.2 Å². The molecule has 5 nitrogen and oxygen atoms in total. The van der Waals surface area contributed by atoms with E-state index in [0.717, 1.165) is 31.9 Å². The van der Waals surface area contributed by atoms with Gasteiger partial charge in [-0.05, 0) is 31.3 Å². The van der Waals surface area contributed by atoms with E-state index in [1.165, 1.54) is 0 Å². The second-order valence-electron chi connectivity index (χ2n) is 4.12. The number of anilines is 2. The summed E-state index contributed by atoms with van der Waals surface area (Å²) in [6, 6.07) is 5.02. The lowest BCUT2D eigenvalue weighted by Gasteiger charge is -2.19. The number of amides is 1. The summed E-state index contributed by atoms with van der Waals surface area (Å²) < 4.78 is 0. The molecule has 0 bridgehead atoms. The smallest absolute Gasteiger partial charge is 0.248 e. The lowest BCUT2D eigenvalue weighted by Crippen LogP contribution is -2.28. The molecule has 100 valence electrons. The Morgan fingerprint density at radius 2 is 2.00 bits per heavy atom. The number of likely N-dealkylation sites (N-methyl/N-ethyl adjacent to an activating group) is 1. The van der Waals surface area contributed by atoms with Crippen molar-refractivity contribution in [1.29, 1.82) is 0 Å². The first-order valence-corrected chi connectivity index (χ1v) is 6.24. The number of carbonyl (C=O) groups is 1. The van der Waals surface area contributed by atoms with Crippen molar-refractivity contribution in [1.82, 2.24) is 4.90 Å². The topological polar surface area (TPSA) is 84.4 Å². The molecule has 0 spiro atoms. The van der Waals surface area contributed by atoms with E-state index in [1.807, 2.05) is 0 Å². The Labute approximate surface area is 108 Å². The number of carbonyl (C=O) groups excluding carboxylic acids is 1. The highest BCUT2D eigenvalue weighted by Gasteiger charge is 2.05. The van der Waals surface area contributed by atoms with Crippen LogP contribution in [0.2, 0.25) is 0 Å². The molecule has 0 heterocycles. The van der Waals surface area contributed by atoms with Crippen LogP contribution < -0.4 is 16.8 Å². The number of nitrogens with two attached hydrogens (primary N) is 2. The van der Waals surface area contributed by atoms with Gasteiger partial charge in [0, 0.05) is 18.7 Å². The molecule has 5 heteroatoms. The van der Waals surface area contributed by atoms with Gasteiger partial charge in [-0.1, -0.05) is 13.8 Å². The van der Waals surface area contributed by atoms with Crippen LogP contribution in [0.4, 0.5) is 11.4 Å². The van der Waals surface area contributed by atoms with Gasteiger partial charge in [0.05, 0.1) is 11.4 Å². The highest BCUT2D eigenvalue weighted by atomic mass is 16.1. The maximum Gasteiger partial charge on any atom is 0.248 e. The van der Waals surface area contributed by atoms with E-state index in [0.29, 0.717) is 11.3 Å². The summed E-state index contributed by atoms with van der Waals surface area (Å²) in [5, 5.41) is 3.23. The first-order chi connectivity index (χ1) is 8.58. The molecule has 0 atom stereocenters. The van der Waals surface area contributed by atoms with Gasteiger partial charge in [-0.3, -0.25) is 4.79 Å². The third-order valence-corrected chi connectivity index (χ3v) is 2.98. The summed E-state index contributed by atoms with van der Waals surface area (Å²) in [7, 11) is 0. The van der Waals surface area contributed by atoms with Gasteiger partial charge in [0.15, 0.2) is 0 Å². The highest BCUT2D eigenvalue weighted by Crippen LogP contribution is 2.19. The minimum Gasteiger partial charge on any atom is -0.397 e. The molecule has 0 aliphatic heterocycles. The lowest BCUT2D eigenvalue weighted by molar-refractivity contribution is 0.100. The third-order valence-electron chi connectivity index (χ3n) is 2.98. The summed E-state index contributed by atoms with van der Waals surface area (Å²) in [4.78, 5) is 13.4. The summed E-state index contributed by atoms with van der Waals surface area (Å²) in [5.41, 5.74) is 12.9. The van der Waals surface area contributed by atoms with E-state index in [4.69, 9.17) is 11.5 Å². The fourth-order valence-corrected chi connectivity index (χ4v) is 1.75. The SMILES string of the molecule is CCN(CC)CCNc1cc(C(N)=O)ccc1N. The number of rotatable bonds is 7. The van der Waals surface area contributed by atoms with Gasteiger partial charge in [-0.15, -0.1) is 0 Å². The van der Waals surface area contributed by atoms with E-state index < -0.39 is 5.91 Å². The van der Waals surface area contributed by atoms with Crippen LogP contribution >= 0.6 is 0 Å². The Kier molecular flexibility index (Phi) is 5.45. The molecule has 1 aromatic carbocycles. The van der Waals surface area contributed by atoms with Crippen molar-refractivity contribution in [2.45, 2.75) is 13.8 Å². The van der Waals surface area contributed by atoms with Crippen molar-refractivity contribution in [3.05, 3.63) is 23.8 Å². The summed E-state index contributed by atoms with van der Waals surface area (Å²) in [6.07, 6.45) is 0. The van der Waals surface area contributed by atoms with Gasteiger partial charge in [-0.2, -0.15) is 0 Å². The Morgan fingerprint density at radius 1 is 1.33 bits per heavy atom. The van der Waals surface area contributed by atoms with Crippen molar-refractivity contribution >= 4 is 17.3 Å². The minimum atomic E-state index is -0.443. The summed E-state index contributed by atoms with van der Waals surface area (Å²) in [6.45, 7) is 8.03. The summed E-state index contributed by atoms with van der Waals surface area (Å²) in [5.74, 6) is -0.443. The van der Waals surface area contributed by atoms with Gasteiger partial charge >= 0.3 is 0 Å². The predicted molar refractivity (Wildman–Crippen MR) is 75.7 cm³/mol. The molecule has 1 rings (SSSR count). The van der Waals surface area contributed by atoms with E-state index in [2.05, 4.69) is 24.1 Å². The molecule has 1 amide bonds. The zero-order valence-corrected chi connectivity index (χ0v) is 11.1. The first-order valence-electron chi connectivity index (χ1n) is 6.24. The van der Waals surface area contributed by atoms with Crippen LogP contribution in [-0.2, 0) is 0 Å². The molecule has 0 radical (unpaired) electrons. The minimum absolute atomic E-state index is 0.443. The van der Waals surface area contributed by atoms with Crippen LogP contribution in [0.3, 0.4) is 0 Å². The van der Waals surface area contributed by atoms with Gasteiger partial charge < -0.3 is 21.7 Å². The van der Waals surface area contributed by atoms with Crippen molar-refractivity contribution in [2.75, 3.05) is 37.2 Å². The lowest BCUT2D eigenvalue weighted by atomic mass is 10.1. The zero-order valence-electron chi connectivity index (χ0n) is 11.1. The summed E-state index contributed by atoms with van der Waals surface area (Å²) >= 11 is 0. The molecule has 0 aliphatic rings. The maximum absolute atomic E-state index is 11.1. The second kappa shape index (κ2) is 6.86.